The number of carbonyl (C=O) groups excluding carboxylic acids is 1. The number of piperazine rings is 1. The molecular weight excluding hydrogens is 252 g/mol. The van der Waals surface area contributed by atoms with Gasteiger partial charge in [0.05, 0.1) is 0 Å². The van der Waals surface area contributed by atoms with E-state index in [4.69, 9.17) is 5.73 Å². The molecule has 1 fully saturated rings. The number of rotatable bonds is 3. The van der Waals surface area contributed by atoms with E-state index < -0.39 is 0 Å². The minimum absolute atomic E-state index is 0.0615. The van der Waals surface area contributed by atoms with Crippen LogP contribution in [0.15, 0.2) is 12.1 Å². The Labute approximate surface area is 120 Å². The first-order valence-corrected chi connectivity index (χ1v) is 7.21. The Kier molecular flexibility index (Phi) is 4.60. The molecule has 110 valence electrons. The van der Waals surface area contributed by atoms with Crippen molar-refractivity contribution in [3.05, 3.63) is 23.4 Å². The minimum atomic E-state index is 0.0615. The number of aryl methyl sites for hydroxylation is 1. The zero-order valence-electron chi connectivity index (χ0n) is 12.6. The lowest BCUT2D eigenvalue weighted by atomic mass is 10.1. The first-order valence-electron chi connectivity index (χ1n) is 7.21. The molecule has 1 aromatic rings. The van der Waals surface area contributed by atoms with Crippen molar-refractivity contribution in [1.82, 2.24) is 14.8 Å². The number of nitrogens with two attached hydrogens (primary N) is 1. The average Bonchev–Trinajstić information content (AvgIpc) is 2.37. The Balaban J connectivity index is 1.98. The highest BCUT2D eigenvalue weighted by Gasteiger charge is 2.22. The molecule has 1 aliphatic rings. The van der Waals surface area contributed by atoms with Crippen LogP contribution in [0.3, 0.4) is 0 Å². The van der Waals surface area contributed by atoms with Crippen LogP contribution < -0.4 is 5.73 Å². The normalized spacial score (nSPS) is 16.7. The number of aromatic nitrogens is 1. The lowest BCUT2D eigenvalue weighted by Gasteiger charge is -2.35. The van der Waals surface area contributed by atoms with E-state index in [0.29, 0.717) is 17.3 Å². The van der Waals surface area contributed by atoms with E-state index >= 15 is 0 Å². The topological polar surface area (TPSA) is 62.5 Å². The maximum atomic E-state index is 12.5. The minimum Gasteiger partial charge on any atom is -0.384 e. The summed E-state index contributed by atoms with van der Waals surface area (Å²) in [7, 11) is 0. The number of carbonyl (C=O) groups is 1. The van der Waals surface area contributed by atoms with Crippen molar-refractivity contribution < 1.29 is 4.79 Å². The molecule has 1 saturated heterocycles. The van der Waals surface area contributed by atoms with Crippen LogP contribution in [0.4, 0.5) is 5.82 Å². The van der Waals surface area contributed by atoms with Crippen LogP contribution in [0.25, 0.3) is 0 Å². The average molecular weight is 276 g/mol. The van der Waals surface area contributed by atoms with Crippen LogP contribution >= 0.6 is 0 Å². The quantitative estimate of drug-likeness (QED) is 0.906. The molecule has 20 heavy (non-hydrogen) atoms. The van der Waals surface area contributed by atoms with E-state index in [1.54, 1.807) is 12.1 Å². The van der Waals surface area contributed by atoms with E-state index in [2.05, 4.69) is 23.7 Å². The Bertz CT molecular complexity index is 459. The summed E-state index contributed by atoms with van der Waals surface area (Å²) in [5, 5.41) is 0. The zero-order chi connectivity index (χ0) is 14.7. The summed E-state index contributed by atoms with van der Waals surface area (Å²) in [4.78, 5) is 20.9. The van der Waals surface area contributed by atoms with Gasteiger partial charge in [-0.05, 0) is 25.0 Å². The molecule has 0 aliphatic carbocycles. The molecule has 0 aromatic carbocycles. The third kappa shape index (κ3) is 3.70. The zero-order valence-corrected chi connectivity index (χ0v) is 12.6. The SMILES string of the molecule is Cc1cc(C(=O)N2CCN(CC(C)C)CC2)cc(N)n1. The standard InChI is InChI=1S/C15H24N4O/c1-11(2)10-18-4-6-19(7-5-18)15(20)13-8-12(3)17-14(16)9-13/h8-9,11H,4-7,10H2,1-3H3,(H2,16,17). The molecule has 5 heteroatoms. The predicted octanol–water partition coefficient (Wildman–Crippen LogP) is 1.39. The molecule has 0 spiro atoms. The summed E-state index contributed by atoms with van der Waals surface area (Å²) in [5.41, 5.74) is 7.14. The Morgan fingerprint density at radius 3 is 2.50 bits per heavy atom. The summed E-state index contributed by atoms with van der Waals surface area (Å²) in [6.07, 6.45) is 0. The van der Waals surface area contributed by atoms with Crippen LogP contribution in [-0.2, 0) is 0 Å². The van der Waals surface area contributed by atoms with Crippen LogP contribution in [0.2, 0.25) is 0 Å². The molecule has 0 atom stereocenters. The van der Waals surface area contributed by atoms with Gasteiger partial charge in [-0.25, -0.2) is 4.98 Å². The number of amides is 1. The predicted molar refractivity (Wildman–Crippen MR) is 80.6 cm³/mol. The van der Waals surface area contributed by atoms with Crippen molar-refractivity contribution in [2.75, 3.05) is 38.5 Å². The summed E-state index contributed by atoms with van der Waals surface area (Å²) in [5.74, 6) is 1.14. The molecule has 2 N–H and O–H groups in total. The van der Waals surface area contributed by atoms with Crippen LogP contribution in [0, 0.1) is 12.8 Å². The molecule has 0 bridgehead atoms. The van der Waals surface area contributed by atoms with Crippen molar-refractivity contribution >= 4 is 11.7 Å². The molecule has 1 amide bonds. The van der Waals surface area contributed by atoms with E-state index in [0.717, 1.165) is 38.4 Å². The lowest BCUT2D eigenvalue weighted by Crippen LogP contribution is -2.49. The maximum absolute atomic E-state index is 12.5. The second-order valence-electron chi connectivity index (χ2n) is 5.91. The number of hydrogen-bond donors (Lipinski definition) is 1. The fourth-order valence-corrected chi connectivity index (χ4v) is 2.65. The second kappa shape index (κ2) is 6.22. The number of hydrogen-bond acceptors (Lipinski definition) is 4. The van der Waals surface area contributed by atoms with Crippen molar-refractivity contribution in [1.29, 1.82) is 0 Å². The fourth-order valence-electron chi connectivity index (χ4n) is 2.65. The molecule has 0 saturated carbocycles. The van der Waals surface area contributed by atoms with Gasteiger partial charge in [0.15, 0.2) is 0 Å². The highest BCUT2D eigenvalue weighted by Crippen LogP contribution is 2.13. The van der Waals surface area contributed by atoms with E-state index in [1.807, 2.05) is 11.8 Å². The summed E-state index contributed by atoms with van der Waals surface area (Å²) in [6.45, 7) is 10.9. The first kappa shape index (κ1) is 14.8. The lowest BCUT2D eigenvalue weighted by molar-refractivity contribution is 0.0623. The number of nitrogen functional groups attached to an aromatic ring is 1. The van der Waals surface area contributed by atoms with Crippen molar-refractivity contribution in [2.45, 2.75) is 20.8 Å². The van der Waals surface area contributed by atoms with Gasteiger partial charge in [0, 0.05) is 44.0 Å². The third-order valence-corrected chi connectivity index (χ3v) is 3.50. The highest BCUT2D eigenvalue weighted by molar-refractivity contribution is 5.95. The van der Waals surface area contributed by atoms with Gasteiger partial charge in [-0.15, -0.1) is 0 Å². The summed E-state index contributed by atoms with van der Waals surface area (Å²) < 4.78 is 0. The fraction of sp³-hybridized carbons (Fsp3) is 0.600. The summed E-state index contributed by atoms with van der Waals surface area (Å²) in [6, 6.07) is 3.47. The molecule has 1 aromatic heterocycles. The first-order chi connectivity index (χ1) is 9.45. The Morgan fingerprint density at radius 1 is 1.30 bits per heavy atom. The molecule has 0 unspecified atom stereocenters. The monoisotopic (exact) mass is 276 g/mol. The summed E-state index contributed by atoms with van der Waals surface area (Å²) >= 11 is 0. The van der Waals surface area contributed by atoms with Gasteiger partial charge in [-0.3, -0.25) is 9.69 Å². The van der Waals surface area contributed by atoms with Gasteiger partial charge in [0.25, 0.3) is 5.91 Å². The van der Waals surface area contributed by atoms with Crippen molar-refractivity contribution in [2.24, 2.45) is 5.92 Å². The van der Waals surface area contributed by atoms with E-state index in [9.17, 15) is 4.79 Å². The Morgan fingerprint density at radius 2 is 1.95 bits per heavy atom. The molecular formula is C15H24N4O. The molecule has 5 nitrogen and oxygen atoms in total. The van der Waals surface area contributed by atoms with E-state index in [-0.39, 0.29) is 5.91 Å². The van der Waals surface area contributed by atoms with Gasteiger partial charge in [0.2, 0.25) is 0 Å². The largest absolute Gasteiger partial charge is 0.384 e. The molecule has 2 rings (SSSR count). The molecule has 1 aliphatic heterocycles. The van der Waals surface area contributed by atoms with Gasteiger partial charge in [-0.2, -0.15) is 0 Å². The number of nitrogens with zero attached hydrogens (tertiary/aromatic N) is 3. The van der Waals surface area contributed by atoms with Gasteiger partial charge in [-0.1, -0.05) is 13.8 Å². The van der Waals surface area contributed by atoms with E-state index in [1.165, 1.54) is 0 Å². The third-order valence-electron chi connectivity index (χ3n) is 3.50. The smallest absolute Gasteiger partial charge is 0.254 e. The Hall–Kier alpha value is -1.62. The van der Waals surface area contributed by atoms with Crippen molar-refractivity contribution in [3.8, 4) is 0 Å². The molecule has 2 heterocycles. The maximum Gasteiger partial charge on any atom is 0.254 e. The molecule has 0 radical (unpaired) electrons. The van der Waals surface area contributed by atoms with Crippen molar-refractivity contribution in [3.63, 3.8) is 0 Å². The van der Waals surface area contributed by atoms with Gasteiger partial charge < -0.3 is 10.6 Å². The van der Waals surface area contributed by atoms with Crippen LogP contribution in [0.1, 0.15) is 29.9 Å². The van der Waals surface area contributed by atoms with Gasteiger partial charge in [0.1, 0.15) is 5.82 Å². The van der Waals surface area contributed by atoms with Crippen LogP contribution in [0.5, 0.6) is 0 Å². The number of pyridine rings is 1. The second-order valence-corrected chi connectivity index (χ2v) is 5.91. The highest BCUT2D eigenvalue weighted by atomic mass is 16.2. The number of anilines is 1. The van der Waals surface area contributed by atoms with Gasteiger partial charge >= 0.3 is 0 Å². The van der Waals surface area contributed by atoms with Crippen LogP contribution in [-0.4, -0.2) is 53.4 Å².